The van der Waals surface area contributed by atoms with Crippen LogP contribution in [0.25, 0.3) is 0 Å². The zero-order chi connectivity index (χ0) is 14.7. The minimum atomic E-state index is -0.154. The molecule has 0 saturated carbocycles. The van der Waals surface area contributed by atoms with E-state index < -0.39 is 0 Å². The average molecular weight is 310 g/mol. The first-order valence-electron chi connectivity index (χ1n) is 7.53. The van der Waals surface area contributed by atoms with Crippen molar-refractivity contribution in [3.05, 3.63) is 23.7 Å². The highest BCUT2D eigenvalue weighted by molar-refractivity contribution is 7.99. The van der Waals surface area contributed by atoms with Gasteiger partial charge in [-0.2, -0.15) is 11.8 Å². The standard InChI is InChI=1S/C15H22N2O3S/c1-11-4-5-13(20-11)14-9-17(6-7-19-14)15(18)16-12-3-2-8-21-10-12/h4-5,12,14H,2-3,6-10H2,1H3,(H,16,18). The van der Waals surface area contributed by atoms with Crippen molar-refractivity contribution >= 4 is 17.8 Å². The van der Waals surface area contributed by atoms with E-state index in [9.17, 15) is 4.79 Å². The molecule has 2 atom stereocenters. The first kappa shape index (κ1) is 14.8. The van der Waals surface area contributed by atoms with E-state index in [0.717, 1.165) is 23.7 Å². The number of nitrogens with one attached hydrogen (secondary N) is 1. The number of carbonyl (C=O) groups is 1. The number of rotatable bonds is 2. The fraction of sp³-hybridized carbons (Fsp3) is 0.667. The molecular formula is C15H22N2O3S. The SMILES string of the molecule is Cc1ccc(C2CN(C(=O)NC3CCCSC3)CCO2)o1. The van der Waals surface area contributed by atoms with Crippen molar-refractivity contribution < 1.29 is 13.9 Å². The predicted molar refractivity (Wildman–Crippen MR) is 82.6 cm³/mol. The Bertz CT molecular complexity index is 485. The molecule has 1 aromatic heterocycles. The van der Waals surface area contributed by atoms with Crippen LogP contribution >= 0.6 is 11.8 Å². The molecule has 0 aromatic carbocycles. The Morgan fingerprint density at radius 1 is 1.48 bits per heavy atom. The molecule has 21 heavy (non-hydrogen) atoms. The summed E-state index contributed by atoms with van der Waals surface area (Å²) in [7, 11) is 0. The van der Waals surface area contributed by atoms with E-state index in [1.54, 1.807) is 0 Å². The highest BCUT2D eigenvalue weighted by Crippen LogP contribution is 2.24. The number of ether oxygens (including phenoxy) is 1. The molecule has 5 nitrogen and oxygen atoms in total. The fourth-order valence-electron chi connectivity index (χ4n) is 2.75. The van der Waals surface area contributed by atoms with Crippen LogP contribution in [0.1, 0.15) is 30.5 Å². The molecule has 1 aromatic rings. The van der Waals surface area contributed by atoms with Crippen LogP contribution in [0.5, 0.6) is 0 Å². The van der Waals surface area contributed by atoms with Crippen LogP contribution in [0.3, 0.4) is 0 Å². The smallest absolute Gasteiger partial charge is 0.317 e. The monoisotopic (exact) mass is 310 g/mol. The zero-order valence-electron chi connectivity index (χ0n) is 12.3. The quantitative estimate of drug-likeness (QED) is 0.912. The molecule has 0 bridgehead atoms. The lowest BCUT2D eigenvalue weighted by Crippen LogP contribution is -2.50. The summed E-state index contributed by atoms with van der Waals surface area (Å²) in [4.78, 5) is 14.2. The molecule has 1 N–H and O–H groups in total. The molecule has 0 aliphatic carbocycles. The third kappa shape index (κ3) is 3.74. The summed E-state index contributed by atoms with van der Waals surface area (Å²) in [6, 6.07) is 4.19. The van der Waals surface area contributed by atoms with Gasteiger partial charge in [-0.15, -0.1) is 0 Å². The summed E-state index contributed by atoms with van der Waals surface area (Å²) < 4.78 is 11.3. The first-order chi connectivity index (χ1) is 10.2. The van der Waals surface area contributed by atoms with E-state index in [2.05, 4.69) is 5.32 Å². The minimum absolute atomic E-state index is 0.0269. The van der Waals surface area contributed by atoms with E-state index in [1.807, 2.05) is 35.7 Å². The van der Waals surface area contributed by atoms with Crippen LogP contribution in [0, 0.1) is 6.92 Å². The molecule has 2 aliphatic heterocycles. The van der Waals surface area contributed by atoms with Gasteiger partial charge in [-0.25, -0.2) is 4.79 Å². The summed E-state index contributed by atoms with van der Waals surface area (Å²) >= 11 is 1.92. The number of morpholine rings is 1. The zero-order valence-corrected chi connectivity index (χ0v) is 13.2. The maximum atomic E-state index is 12.4. The second-order valence-electron chi connectivity index (χ2n) is 5.62. The number of furan rings is 1. The van der Waals surface area contributed by atoms with Gasteiger partial charge < -0.3 is 19.4 Å². The molecule has 2 aliphatic rings. The summed E-state index contributed by atoms with van der Waals surface area (Å²) in [6.07, 6.45) is 2.12. The van der Waals surface area contributed by atoms with Crippen molar-refractivity contribution in [2.45, 2.75) is 31.9 Å². The Kier molecular flexibility index (Phi) is 4.75. The lowest BCUT2D eigenvalue weighted by Gasteiger charge is -2.33. The molecule has 3 rings (SSSR count). The van der Waals surface area contributed by atoms with Gasteiger partial charge in [0.2, 0.25) is 0 Å². The van der Waals surface area contributed by atoms with Gasteiger partial charge >= 0.3 is 6.03 Å². The number of amides is 2. The highest BCUT2D eigenvalue weighted by atomic mass is 32.2. The molecule has 0 spiro atoms. The molecule has 6 heteroatoms. The van der Waals surface area contributed by atoms with Crippen molar-refractivity contribution in [1.82, 2.24) is 10.2 Å². The van der Waals surface area contributed by atoms with Gasteiger partial charge in [0.05, 0.1) is 13.2 Å². The molecule has 2 fully saturated rings. The van der Waals surface area contributed by atoms with E-state index in [1.165, 1.54) is 12.2 Å². The number of nitrogens with zero attached hydrogens (tertiary/aromatic N) is 1. The number of hydrogen-bond donors (Lipinski definition) is 1. The van der Waals surface area contributed by atoms with E-state index in [0.29, 0.717) is 25.7 Å². The predicted octanol–water partition coefficient (Wildman–Crippen LogP) is 2.57. The van der Waals surface area contributed by atoms with Gasteiger partial charge in [0.25, 0.3) is 0 Å². The second-order valence-corrected chi connectivity index (χ2v) is 6.77. The fourth-order valence-corrected chi connectivity index (χ4v) is 3.82. The van der Waals surface area contributed by atoms with E-state index in [-0.39, 0.29) is 12.1 Å². The molecule has 2 unspecified atom stereocenters. The third-order valence-corrected chi connectivity index (χ3v) is 5.14. The Morgan fingerprint density at radius 3 is 3.10 bits per heavy atom. The Balaban J connectivity index is 1.56. The molecule has 2 saturated heterocycles. The first-order valence-corrected chi connectivity index (χ1v) is 8.69. The molecule has 116 valence electrons. The number of carbonyl (C=O) groups excluding carboxylic acids is 1. The van der Waals surface area contributed by atoms with E-state index in [4.69, 9.17) is 9.15 Å². The van der Waals surface area contributed by atoms with Crippen LogP contribution in [-0.4, -0.2) is 48.2 Å². The Hall–Kier alpha value is -1.14. The van der Waals surface area contributed by atoms with Crippen LogP contribution in [-0.2, 0) is 4.74 Å². The van der Waals surface area contributed by atoms with Gasteiger partial charge in [0.1, 0.15) is 17.6 Å². The Morgan fingerprint density at radius 2 is 2.38 bits per heavy atom. The van der Waals surface area contributed by atoms with Crippen LogP contribution in [0.4, 0.5) is 4.79 Å². The molecular weight excluding hydrogens is 288 g/mol. The van der Waals surface area contributed by atoms with Crippen LogP contribution in [0.2, 0.25) is 0 Å². The lowest BCUT2D eigenvalue weighted by molar-refractivity contribution is -0.0266. The number of hydrogen-bond acceptors (Lipinski definition) is 4. The van der Waals surface area contributed by atoms with Gasteiger partial charge in [-0.05, 0) is 37.7 Å². The maximum absolute atomic E-state index is 12.4. The largest absolute Gasteiger partial charge is 0.464 e. The average Bonchev–Trinajstić information content (AvgIpc) is 2.95. The maximum Gasteiger partial charge on any atom is 0.317 e. The number of urea groups is 1. The summed E-state index contributed by atoms with van der Waals surface area (Å²) in [5.41, 5.74) is 0. The molecule has 3 heterocycles. The Labute approximate surface area is 129 Å². The van der Waals surface area contributed by atoms with Crippen LogP contribution in [0.15, 0.2) is 16.5 Å². The minimum Gasteiger partial charge on any atom is -0.464 e. The van der Waals surface area contributed by atoms with Crippen LogP contribution < -0.4 is 5.32 Å². The van der Waals surface area contributed by atoms with Crippen molar-refractivity contribution in [3.63, 3.8) is 0 Å². The third-order valence-electron chi connectivity index (χ3n) is 3.92. The highest BCUT2D eigenvalue weighted by Gasteiger charge is 2.28. The van der Waals surface area contributed by atoms with Crippen molar-refractivity contribution in [1.29, 1.82) is 0 Å². The summed E-state index contributed by atoms with van der Waals surface area (Å²) in [5, 5.41) is 3.15. The molecule has 0 radical (unpaired) electrons. The summed E-state index contributed by atoms with van der Waals surface area (Å²) in [6.45, 7) is 3.66. The molecule has 2 amide bonds. The lowest BCUT2D eigenvalue weighted by atomic mass is 10.2. The second kappa shape index (κ2) is 6.75. The normalized spacial score (nSPS) is 26.6. The van der Waals surface area contributed by atoms with Gasteiger partial charge in [0.15, 0.2) is 0 Å². The van der Waals surface area contributed by atoms with Gasteiger partial charge in [-0.3, -0.25) is 0 Å². The van der Waals surface area contributed by atoms with Gasteiger partial charge in [-0.1, -0.05) is 0 Å². The number of thioether (sulfide) groups is 1. The van der Waals surface area contributed by atoms with Crippen molar-refractivity contribution in [3.8, 4) is 0 Å². The summed E-state index contributed by atoms with van der Waals surface area (Å²) in [5.74, 6) is 3.91. The van der Waals surface area contributed by atoms with Crippen molar-refractivity contribution in [2.24, 2.45) is 0 Å². The van der Waals surface area contributed by atoms with Crippen molar-refractivity contribution in [2.75, 3.05) is 31.2 Å². The van der Waals surface area contributed by atoms with E-state index >= 15 is 0 Å². The van der Waals surface area contributed by atoms with Gasteiger partial charge in [0, 0.05) is 18.3 Å². The number of aryl methyl sites for hydroxylation is 1. The topological polar surface area (TPSA) is 54.7 Å².